The fourth-order valence-corrected chi connectivity index (χ4v) is 2.07. The van der Waals surface area contributed by atoms with E-state index in [0.717, 1.165) is 5.56 Å². The van der Waals surface area contributed by atoms with Gasteiger partial charge in [0.15, 0.2) is 0 Å². The fraction of sp³-hybridized carbons (Fsp3) is 0.263. The second-order valence-corrected chi connectivity index (χ2v) is 6.65. The lowest BCUT2D eigenvalue weighted by Crippen LogP contribution is -2.39. The lowest BCUT2D eigenvalue weighted by Gasteiger charge is -2.14. The lowest BCUT2D eigenvalue weighted by molar-refractivity contribution is -0.136. The summed E-state index contributed by atoms with van der Waals surface area (Å²) in [6, 6.07) is 13.2. The van der Waals surface area contributed by atoms with Crippen LogP contribution in [0.3, 0.4) is 0 Å². The van der Waals surface area contributed by atoms with E-state index >= 15 is 0 Å². The Morgan fingerprint density at radius 3 is 2.60 bits per heavy atom. The minimum atomic E-state index is -1.50. The van der Waals surface area contributed by atoms with Crippen molar-refractivity contribution >= 4 is 23.7 Å². The molecule has 0 spiro atoms. The smallest absolute Gasteiger partial charge is 0.271 e. The van der Waals surface area contributed by atoms with Gasteiger partial charge in [0.2, 0.25) is 0 Å². The summed E-state index contributed by atoms with van der Waals surface area (Å²) in [5, 5.41) is 14.0. The van der Waals surface area contributed by atoms with Gasteiger partial charge in [-0.2, -0.15) is 5.10 Å². The van der Waals surface area contributed by atoms with Crippen molar-refractivity contribution in [1.82, 2.24) is 5.43 Å². The molecule has 5 nitrogen and oxygen atoms in total. The first-order valence-corrected chi connectivity index (χ1v) is 8.17. The first-order chi connectivity index (χ1) is 11.8. The highest BCUT2D eigenvalue weighted by Crippen LogP contribution is 2.22. The Bertz CT molecular complexity index is 765. The number of aryl methyl sites for hydroxylation is 1. The van der Waals surface area contributed by atoms with Gasteiger partial charge in [-0.15, -0.1) is 0 Å². The van der Waals surface area contributed by atoms with Crippen molar-refractivity contribution in [2.75, 3.05) is 0 Å². The summed E-state index contributed by atoms with van der Waals surface area (Å²) in [7, 11) is 0. The number of hydrazone groups is 1. The zero-order chi connectivity index (χ0) is 18.4. The number of halogens is 1. The van der Waals surface area contributed by atoms with Gasteiger partial charge in [-0.05, 0) is 44.5 Å². The highest BCUT2D eigenvalue weighted by atomic mass is 35.5. The summed E-state index contributed by atoms with van der Waals surface area (Å²) in [4.78, 5) is 11.6. The van der Waals surface area contributed by atoms with Crippen molar-refractivity contribution in [2.24, 2.45) is 5.10 Å². The minimum absolute atomic E-state index is 0.402. The van der Waals surface area contributed by atoms with Crippen molar-refractivity contribution in [1.29, 1.82) is 0 Å². The Morgan fingerprint density at radius 1 is 1.28 bits per heavy atom. The predicted molar refractivity (Wildman–Crippen MR) is 99.0 cm³/mol. The zero-order valence-corrected chi connectivity index (χ0v) is 15.2. The standard InChI is InChI=1S/C19H21ClN2O3/c1-13-4-6-14(7-5-13)12-25-17-9-8-16(20)10-15(17)11-21-22-18(23)19(2,3)24/h4-11,24H,12H2,1-3H3,(H,22,23)/b21-11-. The van der Waals surface area contributed by atoms with Gasteiger partial charge in [-0.25, -0.2) is 5.43 Å². The maximum absolute atomic E-state index is 11.6. The Hall–Kier alpha value is -2.37. The third kappa shape index (κ3) is 5.89. The molecule has 1 amide bonds. The summed E-state index contributed by atoms with van der Waals surface area (Å²) in [5.74, 6) is -0.0147. The summed E-state index contributed by atoms with van der Waals surface area (Å²) in [5.41, 5.74) is 3.62. The van der Waals surface area contributed by atoms with Gasteiger partial charge >= 0.3 is 0 Å². The molecule has 0 aromatic heterocycles. The third-order valence-electron chi connectivity index (χ3n) is 3.41. The molecule has 2 rings (SSSR count). The number of benzene rings is 2. The molecule has 0 heterocycles. The van der Waals surface area contributed by atoms with E-state index in [-0.39, 0.29) is 0 Å². The van der Waals surface area contributed by atoms with Gasteiger partial charge in [-0.1, -0.05) is 41.4 Å². The number of ether oxygens (including phenoxy) is 1. The van der Waals surface area contributed by atoms with Crippen LogP contribution in [0.15, 0.2) is 47.6 Å². The summed E-state index contributed by atoms with van der Waals surface area (Å²) < 4.78 is 5.83. The van der Waals surface area contributed by atoms with Gasteiger partial charge in [0, 0.05) is 10.6 Å². The van der Waals surface area contributed by atoms with Crippen LogP contribution in [0, 0.1) is 6.92 Å². The van der Waals surface area contributed by atoms with Gasteiger partial charge < -0.3 is 9.84 Å². The van der Waals surface area contributed by atoms with Crippen LogP contribution in [-0.4, -0.2) is 22.8 Å². The predicted octanol–water partition coefficient (Wildman–Crippen LogP) is 3.45. The number of rotatable bonds is 6. The Labute approximate surface area is 152 Å². The second kappa shape index (κ2) is 8.14. The Kier molecular flexibility index (Phi) is 6.17. The van der Waals surface area contributed by atoms with Gasteiger partial charge in [-0.3, -0.25) is 4.79 Å². The summed E-state index contributed by atoms with van der Waals surface area (Å²) in [6.07, 6.45) is 1.43. The average Bonchev–Trinajstić information content (AvgIpc) is 2.54. The minimum Gasteiger partial charge on any atom is -0.488 e. The molecule has 25 heavy (non-hydrogen) atoms. The van der Waals surface area contributed by atoms with Crippen molar-refractivity contribution < 1.29 is 14.6 Å². The van der Waals surface area contributed by atoms with Crippen molar-refractivity contribution in [3.05, 3.63) is 64.2 Å². The van der Waals surface area contributed by atoms with Crippen LogP contribution in [0.2, 0.25) is 5.02 Å². The summed E-state index contributed by atoms with van der Waals surface area (Å²) >= 11 is 6.02. The first kappa shape index (κ1) is 19.0. The van der Waals surface area contributed by atoms with Crippen LogP contribution in [0.25, 0.3) is 0 Å². The van der Waals surface area contributed by atoms with E-state index in [0.29, 0.717) is 22.9 Å². The average molecular weight is 361 g/mol. The quantitative estimate of drug-likeness (QED) is 0.612. The third-order valence-corrected chi connectivity index (χ3v) is 3.65. The van der Waals surface area contributed by atoms with Crippen LogP contribution < -0.4 is 10.2 Å². The normalized spacial score (nSPS) is 11.6. The molecule has 0 radical (unpaired) electrons. The number of nitrogens with one attached hydrogen (secondary N) is 1. The molecule has 2 aromatic carbocycles. The van der Waals surface area contributed by atoms with E-state index in [4.69, 9.17) is 16.3 Å². The molecule has 2 N–H and O–H groups in total. The summed E-state index contributed by atoms with van der Waals surface area (Å²) in [6.45, 7) is 5.19. The fourth-order valence-electron chi connectivity index (χ4n) is 1.89. The van der Waals surface area contributed by atoms with Gasteiger partial charge in [0.1, 0.15) is 18.0 Å². The van der Waals surface area contributed by atoms with E-state index in [1.807, 2.05) is 31.2 Å². The van der Waals surface area contributed by atoms with Crippen LogP contribution in [0.5, 0.6) is 5.75 Å². The number of aliphatic hydroxyl groups is 1. The van der Waals surface area contributed by atoms with Crippen LogP contribution in [0.1, 0.15) is 30.5 Å². The van der Waals surface area contributed by atoms with Crippen LogP contribution in [0.4, 0.5) is 0 Å². The van der Waals surface area contributed by atoms with E-state index < -0.39 is 11.5 Å². The molecule has 0 aliphatic heterocycles. The molecule has 0 aliphatic carbocycles. The largest absolute Gasteiger partial charge is 0.488 e. The number of carbonyl (C=O) groups is 1. The molecule has 0 aliphatic rings. The molecule has 0 saturated heterocycles. The molecular formula is C19H21ClN2O3. The number of hydrogen-bond donors (Lipinski definition) is 2. The molecule has 0 saturated carbocycles. The van der Waals surface area contributed by atoms with E-state index in [9.17, 15) is 9.90 Å². The molecule has 2 aromatic rings. The zero-order valence-electron chi connectivity index (χ0n) is 14.4. The van der Waals surface area contributed by atoms with Gasteiger partial charge in [0.05, 0.1) is 6.21 Å². The first-order valence-electron chi connectivity index (χ1n) is 7.79. The van der Waals surface area contributed by atoms with Crippen molar-refractivity contribution in [3.63, 3.8) is 0 Å². The Balaban J connectivity index is 2.08. The molecule has 0 atom stereocenters. The number of amides is 1. The Morgan fingerprint density at radius 2 is 1.96 bits per heavy atom. The maximum atomic E-state index is 11.6. The SMILES string of the molecule is Cc1ccc(COc2ccc(Cl)cc2/C=N\NC(=O)C(C)(C)O)cc1. The van der Waals surface area contributed by atoms with E-state index in [2.05, 4.69) is 10.5 Å². The van der Waals surface area contributed by atoms with Crippen molar-refractivity contribution in [3.8, 4) is 5.75 Å². The highest BCUT2D eigenvalue weighted by molar-refractivity contribution is 6.30. The monoisotopic (exact) mass is 360 g/mol. The molecule has 0 bridgehead atoms. The van der Waals surface area contributed by atoms with Crippen LogP contribution in [-0.2, 0) is 11.4 Å². The maximum Gasteiger partial charge on any atom is 0.271 e. The van der Waals surface area contributed by atoms with Gasteiger partial charge in [0.25, 0.3) is 5.91 Å². The number of carbonyl (C=O) groups excluding carboxylic acids is 1. The van der Waals surface area contributed by atoms with Crippen molar-refractivity contribution in [2.45, 2.75) is 33.0 Å². The number of hydrogen-bond acceptors (Lipinski definition) is 4. The molecule has 0 fully saturated rings. The lowest BCUT2D eigenvalue weighted by atomic mass is 10.1. The molecule has 0 unspecified atom stereocenters. The van der Waals surface area contributed by atoms with E-state index in [1.165, 1.54) is 25.6 Å². The number of nitrogens with zero attached hydrogens (tertiary/aromatic N) is 1. The van der Waals surface area contributed by atoms with Crippen LogP contribution >= 0.6 is 11.6 Å². The molecule has 6 heteroatoms. The topological polar surface area (TPSA) is 70.9 Å². The molecular weight excluding hydrogens is 340 g/mol. The molecule has 132 valence electrons. The highest BCUT2D eigenvalue weighted by Gasteiger charge is 2.22. The second-order valence-electron chi connectivity index (χ2n) is 6.21. The van der Waals surface area contributed by atoms with E-state index in [1.54, 1.807) is 18.2 Å².